The lowest BCUT2D eigenvalue weighted by Gasteiger charge is -2.33. The summed E-state index contributed by atoms with van der Waals surface area (Å²) in [7, 11) is 1.42. The van der Waals surface area contributed by atoms with Gasteiger partial charge in [0.1, 0.15) is 0 Å². The van der Waals surface area contributed by atoms with Gasteiger partial charge in [0.2, 0.25) is 0 Å². The molecule has 2 N–H and O–H groups in total. The maximum atomic E-state index is 11.1. The first-order valence-electron chi connectivity index (χ1n) is 5.29. The molecule has 1 aliphatic rings. The summed E-state index contributed by atoms with van der Waals surface area (Å²) in [4.78, 5) is 13.4. The van der Waals surface area contributed by atoms with Crippen LogP contribution in [0.2, 0.25) is 0 Å². The number of carbonyl (C=O) groups excluding carboxylic acids is 1. The Morgan fingerprint density at radius 2 is 2.07 bits per heavy atom. The molecule has 4 nitrogen and oxygen atoms in total. The fraction of sp³-hybridized carbons (Fsp3) is 0.900. The van der Waals surface area contributed by atoms with Crippen molar-refractivity contribution in [1.82, 2.24) is 4.90 Å². The number of esters is 1. The van der Waals surface area contributed by atoms with Crippen molar-refractivity contribution in [1.29, 1.82) is 0 Å². The molecule has 0 spiro atoms. The van der Waals surface area contributed by atoms with Gasteiger partial charge >= 0.3 is 5.97 Å². The van der Waals surface area contributed by atoms with E-state index in [1.807, 2.05) is 0 Å². The minimum absolute atomic E-state index is 0.161. The molecule has 0 saturated carbocycles. The number of methoxy groups -OCH3 is 1. The van der Waals surface area contributed by atoms with Crippen LogP contribution < -0.4 is 5.73 Å². The minimum Gasteiger partial charge on any atom is -0.469 e. The summed E-state index contributed by atoms with van der Waals surface area (Å²) >= 11 is 0. The second-order valence-corrected chi connectivity index (χ2v) is 3.77. The van der Waals surface area contributed by atoms with E-state index in [0.29, 0.717) is 13.0 Å². The highest BCUT2D eigenvalue weighted by Gasteiger charge is 2.21. The van der Waals surface area contributed by atoms with Crippen LogP contribution in [0, 0.1) is 0 Å². The van der Waals surface area contributed by atoms with Crippen molar-refractivity contribution in [3.63, 3.8) is 0 Å². The molecule has 0 aliphatic carbocycles. The molecule has 1 saturated heterocycles. The van der Waals surface area contributed by atoms with Crippen molar-refractivity contribution in [3.8, 4) is 0 Å². The summed E-state index contributed by atoms with van der Waals surface area (Å²) in [6, 6.07) is 0.169. The van der Waals surface area contributed by atoms with E-state index in [-0.39, 0.29) is 12.0 Å². The number of nitrogens with zero attached hydrogens (tertiary/aromatic N) is 1. The SMILES string of the molecule is COC(=O)CC(CN)N1CCCCC1. The summed E-state index contributed by atoms with van der Waals surface area (Å²) in [5.41, 5.74) is 5.66. The quantitative estimate of drug-likeness (QED) is 0.666. The van der Waals surface area contributed by atoms with Crippen molar-refractivity contribution in [2.45, 2.75) is 31.7 Å². The van der Waals surface area contributed by atoms with E-state index in [1.165, 1.54) is 26.4 Å². The molecule has 1 atom stereocenters. The Morgan fingerprint density at radius 1 is 1.43 bits per heavy atom. The van der Waals surface area contributed by atoms with Crippen LogP contribution in [-0.2, 0) is 9.53 Å². The van der Waals surface area contributed by atoms with Crippen LogP contribution in [-0.4, -0.2) is 43.7 Å². The third-order valence-corrected chi connectivity index (χ3v) is 2.81. The molecular formula is C10H20N2O2. The summed E-state index contributed by atoms with van der Waals surface area (Å²) in [5.74, 6) is -0.161. The lowest BCUT2D eigenvalue weighted by atomic mass is 10.1. The molecule has 1 aliphatic heterocycles. The van der Waals surface area contributed by atoms with Crippen LogP contribution in [0.5, 0.6) is 0 Å². The van der Waals surface area contributed by atoms with Gasteiger partial charge < -0.3 is 10.5 Å². The van der Waals surface area contributed by atoms with Crippen molar-refractivity contribution in [3.05, 3.63) is 0 Å². The maximum absolute atomic E-state index is 11.1. The average Bonchev–Trinajstić information content (AvgIpc) is 2.26. The number of hydrogen-bond acceptors (Lipinski definition) is 4. The average molecular weight is 200 g/mol. The van der Waals surface area contributed by atoms with E-state index in [4.69, 9.17) is 5.73 Å². The Labute approximate surface area is 85.4 Å². The van der Waals surface area contributed by atoms with E-state index >= 15 is 0 Å². The second kappa shape index (κ2) is 5.98. The van der Waals surface area contributed by atoms with Gasteiger partial charge in [-0.1, -0.05) is 6.42 Å². The zero-order valence-corrected chi connectivity index (χ0v) is 8.87. The molecule has 0 radical (unpaired) electrons. The molecule has 1 rings (SSSR count). The summed E-state index contributed by atoms with van der Waals surface area (Å²) < 4.78 is 4.65. The van der Waals surface area contributed by atoms with Crippen LogP contribution in [0.1, 0.15) is 25.7 Å². The normalized spacial score (nSPS) is 20.4. The largest absolute Gasteiger partial charge is 0.469 e. The molecular weight excluding hydrogens is 180 g/mol. The molecule has 0 bridgehead atoms. The molecule has 1 unspecified atom stereocenters. The minimum atomic E-state index is -0.161. The van der Waals surface area contributed by atoms with Gasteiger partial charge in [-0.3, -0.25) is 9.69 Å². The van der Waals surface area contributed by atoms with Gasteiger partial charge in [-0.05, 0) is 25.9 Å². The highest BCUT2D eigenvalue weighted by atomic mass is 16.5. The summed E-state index contributed by atoms with van der Waals surface area (Å²) in [6.07, 6.45) is 4.16. The van der Waals surface area contributed by atoms with E-state index in [1.54, 1.807) is 0 Å². The van der Waals surface area contributed by atoms with Gasteiger partial charge in [0, 0.05) is 12.6 Å². The Kier molecular flexibility index (Phi) is 4.90. The highest BCUT2D eigenvalue weighted by molar-refractivity contribution is 5.69. The lowest BCUT2D eigenvalue weighted by molar-refractivity contribution is -0.142. The number of hydrogen-bond donors (Lipinski definition) is 1. The van der Waals surface area contributed by atoms with Crippen molar-refractivity contribution >= 4 is 5.97 Å². The van der Waals surface area contributed by atoms with E-state index in [2.05, 4.69) is 9.64 Å². The van der Waals surface area contributed by atoms with Gasteiger partial charge in [0.05, 0.1) is 13.5 Å². The maximum Gasteiger partial charge on any atom is 0.307 e. The number of likely N-dealkylation sites (tertiary alicyclic amines) is 1. The number of piperidine rings is 1. The predicted octanol–water partition coefficient (Wildman–Crippen LogP) is 0.363. The van der Waals surface area contributed by atoms with Crippen LogP contribution in [0.3, 0.4) is 0 Å². The van der Waals surface area contributed by atoms with Crippen LogP contribution in [0.4, 0.5) is 0 Å². The standard InChI is InChI=1S/C10H20N2O2/c1-14-10(13)7-9(8-11)12-5-3-2-4-6-12/h9H,2-8,11H2,1H3. The van der Waals surface area contributed by atoms with Gasteiger partial charge in [0.15, 0.2) is 0 Å². The van der Waals surface area contributed by atoms with Gasteiger partial charge in [-0.25, -0.2) is 0 Å². The van der Waals surface area contributed by atoms with Crippen LogP contribution in [0.15, 0.2) is 0 Å². The molecule has 0 aromatic rings. The number of carbonyl (C=O) groups is 1. The second-order valence-electron chi connectivity index (χ2n) is 3.77. The molecule has 14 heavy (non-hydrogen) atoms. The zero-order valence-electron chi connectivity index (χ0n) is 8.87. The van der Waals surface area contributed by atoms with Gasteiger partial charge in [-0.2, -0.15) is 0 Å². The molecule has 0 aromatic carbocycles. The lowest BCUT2D eigenvalue weighted by Crippen LogP contribution is -2.44. The van der Waals surface area contributed by atoms with Crippen molar-refractivity contribution < 1.29 is 9.53 Å². The first-order chi connectivity index (χ1) is 6.77. The smallest absolute Gasteiger partial charge is 0.307 e. The topological polar surface area (TPSA) is 55.6 Å². The van der Waals surface area contributed by atoms with Crippen LogP contribution in [0.25, 0.3) is 0 Å². The number of ether oxygens (including phenoxy) is 1. The monoisotopic (exact) mass is 200 g/mol. The molecule has 1 fully saturated rings. The third kappa shape index (κ3) is 3.27. The predicted molar refractivity (Wildman–Crippen MR) is 54.9 cm³/mol. The molecule has 0 amide bonds. The molecule has 1 heterocycles. The highest BCUT2D eigenvalue weighted by Crippen LogP contribution is 2.13. The molecule has 0 aromatic heterocycles. The Morgan fingerprint density at radius 3 is 2.57 bits per heavy atom. The number of rotatable bonds is 4. The first kappa shape index (κ1) is 11.5. The molecule has 82 valence electrons. The van der Waals surface area contributed by atoms with Crippen molar-refractivity contribution in [2.75, 3.05) is 26.7 Å². The fourth-order valence-corrected chi connectivity index (χ4v) is 1.92. The Hall–Kier alpha value is -0.610. The zero-order chi connectivity index (χ0) is 10.4. The van der Waals surface area contributed by atoms with E-state index < -0.39 is 0 Å². The first-order valence-corrected chi connectivity index (χ1v) is 5.29. The van der Waals surface area contributed by atoms with Crippen LogP contribution >= 0.6 is 0 Å². The van der Waals surface area contributed by atoms with Crippen molar-refractivity contribution in [2.24, 2.45) is 5.73 Å². The third-order valence-electron chi connectivity index (χ3n) is 2.81. The summed E-state index contributed by atoms with van der Waals surface area (Å²) in [6.45, 7) is 2.67. The van der Waals surface area contributed by atoms with Gasteiger partial charge in [-0.15, -0.1) is 0 Å². The van der Waals surface area contributed by atoms with E-state index in [0.717, 1.165) is 13.1 Å². The van der Waals surface area contributed by atoms with E-state index in [9.17, 15) is 4.79 Å². The fourth-order valence-electron chi connectivity index (χ4n) is 1.92. The summed E-state index contributed by atoms with van der Waals surface area (Å²) in [5, 5.41) is 0. The van der Waals surface area contributed by atoms with Gasteiger partial charge in [0.25, 0.3) is 0 Å². The molecule has 4 heteroatoms. The Balaban J connectivity index is 2.39. The number of nitrogens with two attached hydrogens (primary N) is 1. The Bertz CT molecular complexity index is 179.